The number of nitriles is 1. The number of aliphatic hydroxyl groups is 1. The second-order valence-corrected chi connectivity index (χ2v) is 9.48. The molecule has 4 rings (SSSR count). The first-order valence-electron chi connectivity index (χ1n) is 9.12. The Hall–Kier alpha value is -2.64. The normalized spacial score (nSPS) is 24.3. The number of aromatic nitrogens is 2. The van der Waals surface area contributed by atoms with Crippen LogP contribution in [0.25, 0.3) is 11.3 Å². The summed E-state index contributed by atoms with van der Waals surface area (Å²) in [5.41, 5.74) is 0.776. The van der Waals surface area contributed by atoms with Crippen molar-refractivity contribution in [2.24, 2.45) is 0 Å². The first kappa shape index (κ1) is 19.7. The van der Waals surface area contributed by atoms with Crippen LogP contribution in [-0.4, -0.2) is 43.7 Å². The van der Waals surface area contributed by atoms with Crippen LogP contribution in [0.5, 0.6) is 0 Å². The molecule has 0 spiro atoms. The number of anilines is 1. The van der Waals surface area contributed by atoms with Crippen molar-refractivity contribution >= 4 is 15.7 Å². The summed E-state index contributed by atoms with van der Waals surface area (Å²) in [7, 11) is -3.31. The molecule has 2 aliphatic rings. The number of nitrogens with one attached hydrogen (secondary N) is 1. The van der Waals surface area contributed by atoms with Gasteiger partial charge in [0.25, 0.3) is 5.92 Å². The van der Waals surface area contributed by atoms with Crippen molar-refractivity contribution in [1.29, 1.82) is 10.0 Å². The number of hydrogen-bond donors (Lipinski definition) is 2. The summed E-state index contributed by atoms with van der Waals surface area (Å²) in [5.74, 6) is -3.41. The van der Waals surface area contributed by atoms with Crippen LogP contribution in [-0.2, 0) is 22.1 Å². The fourth-order valence-electron chi connectivity index (χ4n) is 3.66. The molecule has 3 atom stereocenters. The van der Waals surface area contributed by atoms with E-state index < -0.39 is 27.5 Å². The lowest BCUT2D eigenvalue weighted by Gasteiger charge is -2.43. The molecule has 2 N–H and O–H groups in total. The third kappa shape index (κ3) is 3.24. The lowest BCUT2D eigenvalue weighted by molar-refractivity contribution is -0.00603. The maximum absolute atomic E-state index is 14.5. The van der Waals surface area contributed by atoms with Gasteiger partial charge < -0.3 is 10.0 Å². The van der Waals surface area contributed by atoms with Gasteiger partial charge in [0.1, 0.15) is 11.4 Å². The van der Waals surface area contributed by atoms with Gasteiger partial charge in [-0.3, -0.25) is 0 Å². The number of nitrogens with zero attached hydrogens (tertiary/aromatic N) is 4. The fourth-order valence-corrected chi connectivity index (χ4v) is 4.62. The highest BCUT2D eigenvalue weighted by Crippen LogP contribution is 2.45. The van der Waals surface area contributed by atoms with E-state index in [1.165, 1.54) is 12.1 Å². The first-order valence-corrected chi connectivity index (χ1v) is 10.8. The number of halogens is 2. The van der Waals surface area contributed by atoms with Crippen LogP contribution >= 0.6 is 0 Å². The Morgan fingerprint density at radius 3 is 2.86 bits per heavy atom. The average molecular weight is 419 g/mol. The van der Waals surface area contributed by atoms with Gasteiger partial charge in [0, 0.05) is 29.0 Å². The van der Waals surface area contributed by atoms with E-state index in [2.05, 4.69) is 9.97 Å². The third-order valence-corrected chi connectivity index (χ3v) is 7.03. The van der Waals surface area contributed by atoms with Gasteiger partial charge in [-0.05, 0) is 25.5 Å². The molecule has 1 aromatic heterocycles. The van der Waals surface area contributed by atoms with Crippen molar-refractivity contribution in [3.63, 3.8) is 0 Å². The number of fused-ring (bicyclic) bond motifs is 1. The zero-order valence-electron chi connectivity index (χ0n) is 15.6. The highest BCUT2D eigenvalue weighted by atomic mass is 32.2. The van der Waals surface area contributed by atoms with Crippen molar-refractivity contribution in [3.05, 3.63) is 35.5 Å². The molecule has 29 heavy (non-hydrogen) atoms. The minimum atomic E-state index is -3.31. The largest absolute Gasteiger partial charge is 0.389 e. The monoisotopic (exact) mass is 419 g/mol. The van der Waals surface area contributed by atoms with Crippen molar-refractivity contribution in [1.82, 2.24) is 9.97 Å². The second kappa shape index (κ2) is 6.71. The van der Waals surface area contributed by atoms with Gasteiger partial charge in [-0.2, -0.15) is 14.0 Å². The Morgan fingerprint density at radius 2 is 2.21 bits per heavy atom. The Balaban J connectivity index is 1.87. The quantitative estimate of drug-likeness (QED) is 0.788. The minimum absolute atomic E-state index is 0.106. The first-order chi connectivity index (χ1) is 13.6. The summed E-state index contributed by atoms with van der Waals surface area (Å²) in [5, 5.41) is 18.6. The maximum atomic E-state index is 14.5. The Kier molecular flexibility index (Phi) is 4.55. The van der Waals surface area contributed by atoms with Gasteiger partial charge in [-0.15, -0.1) is 0 Å². The summed E-state index contributed by atoms with van der Waals surface area (Å²) in [4.78, 5) is 10.4. The summed E-state index contributed by atoms with van der Waals surface area (Å²) < 4.78 is 49.4. The predicted molar refractivity (Wildman–Crippen MR) is 102 cm³/mol. The van der Waals surface area contributed by atoms with Gasteiger partial charge in [0.15, 0.2) is 0 Å². The molecule has 2 aromatic rings. The van der Waals surface area contributed by atoms with Gasteiger partial charge in [-0.1, -0.05) is 12.1 Å². The molecule has 1 aliphatic heterocycles. The van der Waals surface area contributed by atoms with Crippen LogP contribution in [0.2, 0.25) is 0 Å². The number of hydrogen-bond acceptors (Lipinski definition) is 7. The van der Waals surface area contributed by atoms with Crippen LogP contribution in [0.4, 0.5) is 14.7 Å². The molecule has 1 fully saturated rings. The molecule has 0 radical (unpaired) electrons. The topological polar surface area (TPSA) is 114 Å². The molecule has 10 heteroatoms. The van der Waals surface area contributed by atoms with Crippen LogP contribution < -0.4 is 4.90 Å². The Bertz CT molecular complexity index is 1130. The van der Waals surface area contributed by atoms with E-state index in [9.17, 15) is 18.1 Å². The summed E-state index contributed by atoms with van der Waals surface area (Å²) >= 11 is 0. The van der Waals surface area contributed by atoms with Gasteiger partial charge in [0.2, 0.25) is 5.95 Å². The number of benzene rings is 1. The third-order valence-electron chi connectivity index (χ3n) is 5.48. The summed E-state index contributed by atoms with van der Waals surface area (Å²) in [6.07, 6.45) is -0.831. The number of β-amino-alcohol motifs (C(OH)–C–C–N with tert-alkyl or cyclic N) is 1. The summed E-state index contributed by atoms with van der Waals surface area (Å²) in [6, 6.07) is 7.66. The zero-order chi connectivity index (χ0) is 21.0. The summed E-state index contributed by atoms with van der Waals surface area (Å²) in [6.45, 7) is 2.02. The minimum Gasteiger partial charge on any atom is -0.389 e. The SMILES string of the molecule is C[C@H]1[C@H](O)CN1c1nc(-c2cccc(S(=N)(=O)CC#N)c2)c2c(n1)C(F)(F)CC2. The molecule has 1 aliphatic carbocycles. The van der Waals surface area contributed by atoms with Gasteiger partial charge in [-0.25, -0.2) is 19.0 Å². The van der Waals surface area contributed by atoms with Crippen molar-refractivity contribution in [2.75, 3.05) is 17.2 Å². The van der Waals surface area contributed by atoms with E-state index in [0.717, 1.165) is 0 Å². The molecule has 0 amide bonds. The van der Waals surface area contributed by atoms with Crippen molar-refractivity contribution in [2.45, 2.75) is 42.7 Å². The van der Waals surface area contributed by atoms with Gasteiger partial charge in [0.05, 0.1) is 33.6 Å². The highest BCUT2D eigenvalue weighted by Gasteiger charge is 2.45. The molecule has 1 saturated heterocycles. The smallest absolute Gasteiger partial charge is 0.290 e. The van der Waals surface area contributed by atoms with Crippen LogP contribution in [0.1, 0.15) is 24.6 Å². The molecular weight excluding hydrogens is 400 g/mol. The molecule has 152 valence electrons. The zero-order valence-corrected chi connectivity index (χ0v) is 16.4. The van der Waals surface area contributed by atoms with Crippen LogP contribution in [0, 0.1) is 16.1 Å². The molecule has 0 bridgehead atoms. The molecule has 2 heterocycles. The van der Waals surface area contributed by atoms with E-state index >= 15 is 0 Å². The van der Waals surface area contributed by atoms with Crippen LogP contribution in [0.3, 0.4) is 0 Å². The van der Waals surface area contributed by atoms with E-state index in [1.807, 2.05) is 0 Å². The molecular formula is C19H19F2N5O2S. The molecule has 1 unspecified atom stereocenters. The lowest BCUT2D eigenvalue weighted by Crippen LogP contribution is -2.59. The average Bonchev–Trinajstić information content (AvgIpc) is 3.00. The Morgan fingerprint density at radius 1 is 1.45 bits per heavy atom. The molecule has 0 saturated carbocycles. The van der Waals surface area contributed by atoms with E-state index in [4.69, 9.17) is 10.0 Å². The predicted octanol–water partition coefficient (Wildman–Crippen LogP) is 2.68. The van der Waals surface area contributed by atoms with E-state index in [-0.39, 0.29) is 42.0 Å². The van der Waals surface area contributed by atoms with E-state index in [1.54, 1.807) is 30.0 Å². The highest BCUT2D eigenvalue weighted by molar-refractivity contribution is 7.92. The number of rotatable bonds is 4. The van der Waals surface area contributed by atoms with Crippen molar-refractivity contribution in [3.8, 4) is 17.3 Å². The number of alkyl halides is 2. The van der Waals surface area contributed by atoms with E-state index in [0.29, 0.717) is 16.8 Å². The maximum Gasteiger partial charge on any atom is 0.290 e. The lowest BCUT2D eigenvalue weighted by atomic mass is 10.0. The molecule has 1 aromatic carbocycles. The fraction of sp³-hybridized carbons (Fsp3) is 0.421. The van der Waals surface area contributed by atoms with Crippen molar-refractivity contribution < 1.29 is 18.1 Å². The standard InChI is InChI=1S/C19H19F2N5O2S/c1-11-15(27)10-26(11)18-24-16(14-5-6-19(20,21)17(14)25-18)12-3-2-4-13(9-12)29(23,28)8-7-22/h2-4,9,11,15,23,27H,5-6,8,10H2,1H3/t11-,15+,29?/m0/s1. The Labute approximate surface area is 167 Å². The molecule has 7 nitrogen and oxygen atoms in total. The number of aliphatic hydroxyl groups excluding tert-OH is 1. The second-order valence-electron chi connectivity index (χ2n) is 7.37. The van der Waals surface area contributed by atoms with Gasteiger partial charge >= 0.3 is 0 Å². The van der Waals surface area contributed by atoms with Crippen LogP contribution in [0.15, 0.2) is 29.2 Å².